The summed E-state index contributed by atoms with van der Waals surface area (Å²) in [5.41, 5.74) is 6.07. The third-order valence-corrected chi connectivity index (χ3v) is 5.04. The topological polar surface area (TPSA) is 49.6 Å². The van der Waals surface area contributed by atoms with Crippen LogP contribution >= 0.6 is 0 Å². The zero-order chi connectivity index (χ0) is 15.8. The lowest BCUT2D eigenvalue weighted by molar-refractivity contribution is -0.138. The number of carbonyl (C=O) groups excluding carboxylic acids is 1. The number of hydrogen-bond acceptors (Lipinski definition) is 3. The monoisotopic (exact) mass is 297 g/mol. The number of rotatable bonds is 8. The molecule has 21 heavy (non-hydrogen) atoms. The van der Waals surface area contributed by atoms with Crippen LogP contribution in [0.2, 0.25) is 0 Å². The molecule has 1 rings (SSSR count). The minimum atomic E-state index is 0.141. The van der Waals surface area contributed by atoms with Crippen LogP contribution in [-0.2, 0) is 4.79 Å². The highest BCUT2D eigenvalue weighted by atomic mass is 16.2. The first-order valence-electron chi connectivity index (χ1n) is 8.80. The predicted octanol–water partition coefficient (Wildman–Crippen LogP) is 2.33. The Morgan fingerprint density at radius 1 is 1.10 bits per heavy atom. The van der Waals surface area contributed by atoms with E-state index in [4.69, 9.17) is 5.73 Å². The largest absolute Gasteiger partial charge is 0.343 e. The number of hydrogen-bond donors (Lipinski definition) is 1. The Hall–Kier alpha value is -0.610. The molecule has 0 heterocycles. The molecule has 1 saturated carbocycles. The van der Waals surface area contributed by atoms with Crippen LogP contribution in [0.4, 0.5) is 0 Å². The average Bonchev–Trinajstić information content (AvgIpc) is 2.49. The van der Waals surface area contributed by atoms with E-state index < -0.39 is 0 Å². The molecule has 3 unspecified atom stereocenters. The molecule has 2 N–H and O–H groups in total. The van der Waals surface area contributed by atoms with Gasteiger partial charge in [-0.1, -0.05) is 20.8 Å². The molecule has 0 aliphatic heterocycles. The second-order valence-electron chi connectivity index (χ2n) is 6.46. The standard InChI is InChI=1S/C17H35N3O/c1-5-19(6-2)11-8-12-20(7-3)17(21)16-13-15(18)10-9-14(16)4/h14-16H,5-13,18H2,1-4H3. The quantitative estimate of drug-likeness (QED) is 0.748. The molecule has 0 saturated heterocycles. The first-order chi connectivity index (χ1) is 10.0. The smallest absolute Gasteiger partial charge is 0.225 e. The van der Waals surface area contributed by atoms with Crippen LogP contribution in [0.15, 0.2) is 0 Å². The van der Waals surface area contributed by atoms with E-state index in [1.165, 1.54) is 0 Å². The van der Waals surface area contributed by atoms with Gasteiger partial charge in [0.25, 0.3) is 0 Å². The van der Waals surface area contributed by atoms with Gasteiger partial charge in [0.05, 0.1) is 0 Å². The predicted molar refractivity (Wildman–Crippen MR) is 89.1 cm³/mol. The molecule has 4 heteroatoms. The van der Waals surface area contributed by atoms with Crippen LogP contribution in [0.1, 0.15) is 53.4 Å². The molecule has 0 aromatic rings. The van der Waals surface area contributed by atoms with Gasteiger partial charge in [-0.15, -0.1) is 0 Å². The Kier molecular flexibility index (Phi) is 8.27. The van der Waals surface area contributed by atoms with E-state index >= 15 is 0 Å². The van der Waals surface area contributed by atoms with Crippen molar-refractivity contribution in [3.8, 4) is 0 Å². The van der Waals surface area contributed by atoms with Gasteiger partial charge in [0, 0.05) is 25.0 Å². The molecule has 0 aromatic heterocycles. The summed E-state index contributed by atoms with van der Waals surface area (Å²) in [6.07, 6.45) is 4.09. The maximum Gasteiger partial charge on any atom is 0.225 e. The van der Waals surface area contributed by atoms with Gasteiger partial charge in [-0.25, -0.2) is 0 Å². The fourth-order valence-corrected chi connectivity index (χ4v) is 3.38. The van der Waals surface area contributed by atoms with Crippen LogP contribution < -0.4 is 5.73 Å². The van der Waals surface area contributed by atoms with Gasteiger partial charge in [-0.05, 0) is 58.2 Å². The lowest BCUT2D eigenvalue weighted by Crippen LogP contribution is -2.44. The fourth-order valence-electron chi connectivity index (χ4n) is 3.38. The molecule has 1 aliphatic carbocycles. The van der Waals surface area contributed by atoms with E-state index in [0.29, 0.717) is 11.8 Å². The van der Waals surface area contributed by atoms with Crippen molar-refractivity contribution in [3.05, 3.63) is 0 Å². The highest BCUT2D eigenvalue weighted by molar-refractivity contribution is 5.79. The number of carbonyl (C=O) groups is 1. The van der Waals surface area contributed by atoms with Crippen molar-refractivity contribution in [3.63, 3.8) is 0 Å². The molecular formula is C17H35N3O. The summed E-state index contributed by atoms with van der Waals surface area (Å²) in [5.74, 6) is 0.955. The summed E-state index contributed by atoms with van der Waals surface area (Å²) < 4.78 is 0. The third kappa shape index (κ3) is 5.59. The molecule has 4 nitrogen and oxygen atoms in total. The van der Waals surface area contributed by atoms with Crippen molar-refractivity contribution in [1.82, 2.24) is 9.80 Å². The lowest BCUT2D eigenvalue weighted by atomic mass is 9.77. The molecule has 0 bridgehead atoms. The first kappa shape index (κ1) is 18.4. The van der Waals surface area contributed by atoms with Crippen molar-refractivity contribution in [2.45, 2.75) is 59.4 Å². The summed E-state index contributed by atoms with van der Waals surface area (Å²) in [5, 5.41) is 0. The lowest BCUT2D eigenvalue weighted by Gasteiger charge is -2.35. The summed E-state index contributed by atoms with van der Waals surface area (Å²) in [4.78, 5) is 17.2. The van der Waals surface area contributed by atoms with Crippen molar-refractivity contribution in [2.75, 3.05) is 32.7 Å². The van der Waals surface area contributed by atoms with E-state index in [0.717, 1.165) is 58.4 Å². The summed E-state index contributed by atoms with van der Waals surface area (Å²) in [6.45, 7) is 13.6. The van der Waals surface area contributed by atoms with Crippen molar-refractivity contribution < 1.29 is 4.79 Å². The SMILES string of the molecule is CCN(CC)CCCN(CC)C(=O)C1CC(N)CCC1C. The zero-order valence-electron chi connectivity index (χ0n) is 14.5. The second kappa shape index (κ2) is 9.42. The van der Waals surface area contributed by atoms with E-state index in [1.54, 1.807) is 0 Å². The normalized spacial score (nSPS) is 26.1. The highest BCUT2D eigenvalue weighted by Crippen LogP contribution is 2.30. The van der Waals surface area contributed by atoms with Gasteiger partial charge in [0.1, 0.15) is 0 Å². The minimum Gasteiger partial charge on any atom is -0.343 e. The Morgan fingerprint density at radius 2 is 1.76 bits per heavy atom. The van der Waals surface area contributed by atoms with Gasteiger partial charge in [0.15, 0.2) is 0 Å². The van der Waals surface area contributed by atoms with Crippen LogP contribution in [0, 0.1) is 11.8 Å². The minimum absolute atomic E-state index is 0.141. The molecule has 1 amide bonds. The molecular weight excluding hydrogens is 262 g/mol. The molecule has 0 aromatic carbocycles. The van der Waals surface area contributed by atoms with Gasteiger partial charge >= 0.3 is 0 Å². The van der Waals surface area contributed by atoms with Crippen LogP contribution in [0.3, 0.4) is 0 Å². The number of nitrogens with zero attached hydrogens (tertiary/aromatic N) is 2. The zero-order valence-corrected chi connectivity index (χ0v) is 14.5. The Morgan fingerprint density at radius 3 is 2.33 bits per heavy atom. The Bertz CT molecular complexity index is 304. The fraction of sp³-hybridized carbons (Fsp3) is 0.941. The van der Waals surface area contributed by atoms with Crippen molar-refractivity contribution in [1.29, 1.82) is 0 Å². The molecule has 1 fully saturated rings. The van der Waals surface area contributed by atoms with Gasteiger partial charge in [-0.2, -0.15) is 0 Å². The summed E-state index contributed by atoms with van der Waals surface area (Å²) in [6, 6.07) is 0.213. The van der Waals surface area contributed by atoms with Crippen LogP contribution in [-0.4, -0.2) is 54.5 Å². The molecule has 0 radical (unpaired) electrons. The number of nitrogens with two attached hydrogens (primary N) is 1. The van der Waals surface area contributed by atoms with Crippen LogP contribution in [0.5, 0.6) is 0 Å². The third-order valence-electron chi connectivity index (χ3n) is 5.04. The van der Waals surface area contributed by atoms with E-state index in [9.17, 15) is 4.79 Å². The second-order valence-corrected chi connectivity index (χ2v) is 6.46. The molecule has 124 valence electrons. The maximum absolute atomic E-state index is 12.8. The molecule has 1 aliphatic rings. The molecule has 3 atom stereocenters. The van der Waals surface area contributed by atoms with E-state index in [2.05, 4.69) is 32.6 Å². The summed E-state index contributed by atoms with van der Waals surface area (Å²) in [7, 11) is 0. The van der Waals surface area contributed by atoms with E-state index in [1.807, 2.05) is 4.90 Å². The van der Waals surface area contributed by atoms with Gasteiger partial charge in [-0.3, -0.25) is 4.79 Å². The maximum atomic E-state index is 12.8. The highest BCUT2D eigenvalue weighted by Gasteiger charge is 2.33. The van der Waals surface area contributed by atoms with Crippen molar-refractivity contribution >= 4 is 5.91 Å². The summed E-state index contributed by atoms with van der Waals surface area (Å²) >= 11 is 0. The van der Waals surface area contributed by atoms with Crippen molar-refractivity contribution in [2.24, 2.45) is 17.6 Å². The average molecular weight is 297 g/mol. The van der Waals surface area contributed by atoms with Gasteiger partial charge in [0.2, 0.25) is 5.91 Å². The first-order valence-corrected chi connectivity index (χ1v) is 8.80. The van der Waals surface area contributed by atoms with Gasteiger partial charge < -0.3 is 15.5 Å². The van der Waals surface area contributed by atoms with E-state index in [-0.39, 0.29) is 12.0 Å². The Labute approximate surface area is 131 Å². The van der Waals surface area contributed by atoms with Crippen LogP contribution in [0.25, 0.3) is 0 Å². The Balaban J connectivity index is 2.48. The molecule has 0 spiro atoms. The number of amides is 1.